The fraction of sp³-hybridized carbons (Fsp3) is 0.333. The number of aromatic nitrogens is 2. The monoisotopic (exact) mass is 340 g/mol. The van der Waals surface area contributed by atoms with Crippen LogP contribution in [0.2, 0.25) is 0 Å². The summed E-state index contributed by atoms with van der Waals surface area (Å²) in [5.41, 5.74) is 1.27. The van der Waals surface area contributed by atoms with E-state index in [-0.39, 0.29) is 17.9 Å². The lowest BCUT2D eigenvalue weighted by Gasteiger charge is -2.32. The lowest BCUT2D eigenvalue weighted by atomic mass is 10.1. The Morgan fingerprint density at radius 2 is 2.04 bits per heavy atom. The highest BCUT2D eigenvalue weighted by atomic mass is 16.5. The van der Waals surface area contributed by atoms with Gasteiger partial charge in [-0.3, -0.25) is 9.59 Å². The first-order valence-corrected chi connectivity index (χ1v) is 8.21. The Morgan fingerprint density at radius 1 is 1.24 bits per heavy atom. The van der Waals surface area contributed by atoms with E-state index in [1.165, 1.54) is 13.3 Å². The second kappa shape index (κ2) is 7.74. The van der Waals surface area contributed by atoms with Crippen LogP contribution < -0.4 is 10.1 Å². The maximum Gasteiger partial charge on any atom is 0.253 e. The van der Waals surface area contributed by atoms with Gasteiger partial charge in [-0.15, -0.1) is 0 Å². The van der Waals surface area contributed by atoms with Gasteiger partial charge in [0.25, 0.3) is 5.91 Å². The van der Waals surface area contributed by atoms with Crippen molar-refractivity contribution in [2.24, 2.45) is 0 Å². The zero-order chi connectivity index (χ0) is 17.6. The quantitative estimate of drug-likeness (QED) is 0.921. The van der Waals surface area contributed by atoms with Gasteiger partial charge >= 0.3 is 0 Å². The number of carbonyl (C=O) groups is 2. The highest BCUT2D eigenvalue weighted by molar-refractivity contribution is 5.95. The van der Waals surface area contributed by atoms with Crippen molar-refractivity contribution < 1.29 is 14.3 Å². The van der Waals surface area contributed by atoms with Crippen LogP contribution >= 0.6 is 0 Å². The van der Waals surface area contributed by atoms with Crippen molar-refractivity contribution in [2.75, 3.05) is 18.4 Å². The highest BCUT2D eigenvalue weighted by Gasteiger charge is 2.26. The Hall–Kier alpha value is -2.96. The zero-order valence-electron chi connectivity index (χ0n) is 14.0. The van der Waals surface area contributed by atoms with Crippen molar-refractivity contribution in [3.63, 3.8) is 0 Å². The van der Waals surface area contributed by atoms with Crippen LogP contribution in [0.15, 0.2) is 42.9 Å². The molecule has 7 nitrogen and oxygen atoms in total. The third-order valence-electron chi connectivity index (χ3n) is 3.96. The molecule has 1 saturated heterocycles. The van der Waals surface area contributed by atoms with Gasteiger partial charge in [0.15, 0.2) is 0 Å². The predicted molar refractivity (Wildman–Crippen MR) is 92.3 cm³/mol. The van der Waals surface area contributed by atoms with Crippen molar-refractivity contribution in [3.8, 4) is 5.88 Å². The molecule has 0 saturated carbocycles. The topological polar surface area (TPSA) is 84.4 Å². The van der Waals surface area contributed by atoms with E-state index in [2.05, 4.69) is 15.3 Å². The highest BCUT2D eigenvalue weighted by Crippen LogP contribution is 2.19. The van der Waals surface area contributed by atoms with Crippen LogP contribution in [-0.4, -0.2) is 45.9 Å². The molecule has 1 aliphatic rings. The summed E-state index contributed by atoms with van der Waals surface area (Å²) in [4.78, 5) is 33.5. The van der Waals surface area contributed by atoms with Crippen LogP contribution in [0.4, 0.5) is 5.69 Å². The first-order valence-electron chi connectivity index (χ1n) is 8.21. The first-order chi connectivity index (χ1) is 12.1. The van der Waals surface area contributed by atoms with Gasteiger partial charge in [0.1, 0.15) is 12.4 Å². The van der Waals surface area contributed by atoms with E-state index in [1.54, 1.807) is 41.4 Å². The van der Waals surface area contributed by atoms with Gasteiger partial charge in [0, 0.05) is 37.0 Å². The van der Waals surface area contributed by atoms with Crippen LogP contribution in [0.25, 0.3) is 0 Å². The second-order valence-corrected chi connectivity index (χ2v) is 5.94. The molecule has 1 fully saturated rings. The van der Waals surface area contributed by atoms with Crippen molar-refractivity contribution >= 4 is 17.5 Å². The number of piperidine rings is 1. The third-order valence-corrected chi connectivity index (χ3v) is 3.96. The van der Waals surface area contributed by atoms with Crippen molar-refractivity contribution in [3.05, 3.63) is 48.4 Å². The number of carbonyl (C=O) groups excluding carboxylic acids is 2. The minimum absolute atomic E-state index is 0.0367. The summed E-state index contributed by atoms with van der Waals surface area (Å²) >= 11 is 0. The molecule has 0 radical (unpaired) electrons. The summed E-state index contributed by atoms with van der Waals surface area (Å²) in [6.45, 7) is 2.68. The molecule has 3 rings (SSSR count). The van der Waals surface area contributed by atoms with Crippen LogP contribution in [0.5, 0.6) is 5.88 Å². The minimum Gasteiger partial charge on any atom is -0.472 e. The number of rotatable bonds is 4. The van der Waals surface area contributed by atoms with Gasteiger partial charge in [-0.1, -0.05) is 0 Å². The molecule has 1 aromatic heterocycles. The molecule has 1 N–H and O–H groups in total. The normalized spacial score (nSPS) is 17.0. The smallest absolute Gasteiger partial charge is 0.253 e. The van der Waals surface area contributed by atoms with Gasteiger partial charge in [0.05, 0.1) is 6.54 Å². The molecule has 2 amide bonds. The SMILES string of the molecule is CC(=O)Nc1ccc(C(=O)N2CCC[C@H](Oc3ccncn3)C2)cc1. The van der Waals surface area contributed by atoms with E-state index in [9.17, 15) is 9.59 Å². The van der Waals surface area contributed by atoms with E-state index < -0.39 is 0 Å². The van der Waals surface area contributed by atoms with Crippen molar-refractivity contribution in [1.29, 1.82) is 0 Å². The van der Waals surface area contributed by atoms with E-state index in [1.807, 2.05) is 0 Å². The molecule has 0 aliphatic carbocycles. The number of benzene rings is 1. The molecular weight excluding hydrogens is 320 g/mol. The molecular formula is C18H20N4O3. The Bertz CT molecular complexity index is 734. The maximum absolute atomic E-state index is 12.7. The Kier molecular flexibility index (Phi) is 5.23. The van der Waals surface area contributed by atoms with Crippen LogP contribution in [0.3, 0.4) is 0 Å². The number of hydrogen-bond acceptors (Lipinski definition) is 5. The number of nitrogens with one attached hydrogen (secondary N) is 1. The van der Waals surface area contributed by atoms with Crippen LogP contribution in [0, 0.1) is 0 Å². The Labute approximate surface area is 146 Å². The molecule has 7 heteroatoms. The molecule has 130 valence electrons. The molecule has 2 aromatic rings. The maximum atomic E-state index is 12.7. The average Bonchev–Trinajstić information content (AvgIpc) is 2.62. The van der Waals surface area contributed by atoms with E-state index in [0.717, 1.165) is 12.8 Å². The van der Waals surface area contributed by atoms with Gasteiger partial charge < -0.3 is 15.0 Å². The van der Waals surface area contributed by atoms with Gasteiger partial charge in [0.2, 0.25) is 11.8 Å². The fourth-order valence-electron chi connectivity index (χ4n) is 2.82. The number of likely N-dealkylation sites (tertiary alicyclic amines) is 1. The van der Waals surface area contributed by atoms with Gasteiger partial charge in [-0.2, -0.15) is 0 Å². The summed E-state index contributed by atoms with van der Waals surface area (Å²) in [6.07, 6.45) is 4.76. The molecule has 0 spiro atoms. The Balaban J connectivity index is 1.62. The summed E-state index contributed by atoms with van der Waals surface area (Å²) < 4.78 is 5.84. The number of nitrogens with zero attached hydrogens (tertiary/aromatic N) is 3. The van der Waals surface area contributed by atoms with E-state index in [0.29, 0.717) is 30.2 Å². The molecule has 1 atom stereocenters. The number of anilines is 1. The van der Waals surface area contributed by atoms with E-state index >= 15 is 0 Å². The number of ether oxygens (including phenoxy) is 1. The Morgan fingerprint density at radius 3 is 2.72 bits per heavy atom. The molecule has 1 aromatic carbocycles. The second-order valence-electron chi connectivity index (χ2n) is 5.94. The molecule has 1 aliphatic heterocycles. The zero-order valence-corrected chi connectivity index (χ0v) is 14.0. The summed E-state index contributed by atoms with van der Waals surface area (Å²) in [5, 5.41) is 2.69. The summed E-state index contributed by atoms with van der Waals surface area (Å²) in [5.74, 6) is 0.346. The average molecular weight is 340 g/mol. The number of amides is 2. The summed E-state index contributed by atoms with van der Waals surface area (Å²) in [7, 11) is 0. The van der Waals surface area contributed by atoms with E-state index in [4.69, 9.17) is 4.74 Å². The first kappa shape index (κ1) is 16.9. The largest absolute Gasteiger partial charge is 0.472 e. The van der Waals surface area contributed by atoms with Crippen LogP contribution in [0.1, 0.15) is 30.1 Å². The lowest BCUT2D eigenvalue weighted by Crippen LogP contribution is -2.44. The molecule has 25 heavy (non-hydrogen) atoms. The summed E-state index contributed by atoms with van der Waals surface area (Å²) in [6, 6.07) is 8.62. The van der Waals surface area contributed by atoms with Crippen molar-refractivity contribution in [2.45, 2.75) is 25.9 Å². The lowest BCUT2D eigenvalue weighted by molar-refractivity contribution is -0.114. The molecule has 2 heterocycles. The van der Waals surface area contributed by atoms with Gasteiger partial charge in [-0.05, 0) is 37.1 Å². The third kappa shape index (κ3) is 4.53. The molecule has 0 unspecified atom stereocenters. The fourth-order valence-corrected chi connectivity index (χ4v) is 2.82. The molecule has 0 bridgehead atoms. The standard InChI is InChI=1S/C18H20N4O3/c1-13(23)21-15-6-4-14(5-7-15)18(24)22-10-2-3-16(11-22)25-17-8-9-19-12-20-17/h4-9,12,16H,2-3,10-11H2,1H3,(H,21,23)/t16-/m0/s1. The van der Waals surface area contributed by atoms with Crippen LogP contribution in [-0.2, 0) is 4.79 Å². The predicted octanol–water partition coefficient (Wildman–Crippen LogP) is 2.12. The minimum atomic E-state index is -0.139. The van der Waals surface area contributed by atoms with Gasteiger partial charge in [-0.25, -0.2) is 9.97 Å². The van der Waals surface area contributed by atoms with Crippen molar-refractivity contribution in [1.82, 2.24) is 14.9 Å². The number of hydrogen-bond donors (Lipinski definition) is 1.